The first-order chi connectivity index (χ1) is 13.1. The van der Waals surface area contributed by atoms with E-state index in [2.05, 4.69) is 17.4 Å². The van der Waals surface area contributed by atoms with Gasteiger partial charge in [-0.15, -0.1) is 0 Å². The molecule has 0 heterocycles. The number of hydrogen-bond acceptors (Lipinski definition) is 2. The van der Waals surface area contributed by atoms with Crippen LogP contribution in [-0.2, 0) is 15.6 Å². The molecule has 1 N–H and O–H groups in total. The van der Waals surface area contributed by atoms with E-state index in [1.165, 1.54) is 30.5 Å². The number of amides is 1. The normalized spacial score (nSPS) is 19.5. The third-order valence-electron chi connectivity index (χ3n) is 6.43. The Labute approximate surface area is 159 Å². The van der Waals surface area contributed by atoms with Gasteiger partial charge < -0.3 is 10.1 Å². The van der Waals surface area contributed by atoms with Crippen LogP contribution in [-0.4, -0.2) is 19.6 Å². The summed E-state index contributed by atoms with van der Waals surface area (Å²) in [5.74, 6) is 0.664. The average molecular weight is 367 g/mol. The van der Waals surface area contributed by atoms with Crippen LogP contribution in [0.3, 0.4) is 0 Å². The third kappa shape index (κ3) is 3.33. The van der Waals surface area contributed by atoms with Crippen molar-refractivity contribution in [3.05, 3.63) is 65.5 Å². The zero-order chi connectivity index (χ0) is 18.9. The summed E-state index contributed by atoms with van der Waals surface area (Å²) in [5.41, 5.74) is 1.73. The molecule has 2 aliphatic carbocycles. The number of rotatable bonds is 6. The van der Waals surface area contributed by atoms with E-state index < -0.39 is 5.41 Å². The summed E-state index contributed by atoms with van der Waals surface area (Å²) in [7, 11) is 1.67. The van der Waals surface area contributed by atoms with E-state index in [4.69, 9.17) is 4.74 Å². The zero-order valence-corrected chi connectivity index (χ0v) is 15.8. The zero-order valence-electron chi connectivity index (χ0n) is 15.8. The first-order valence-electron chi connectivity index (χ1n) is 9.77. The highest BCUT2D eigenvalue weighted by atomic mass is 19.1. The molecular weight excluding hydrogens is 341 g/mol. The quantitative estimate of drug-likeness (QED) is 0.817. The minimum Gasteiger partial charge on any atom is -0.497 e. The predicted molar refractivity (Wildman–Crippen MR) is 103 cm³/mol. The van der Waals surface area contributed by atoms with Crippen LogP contribution in [0.5, 0.6) is 5.75 Å². The maximum Gasteiger partial charge on any atom is 0.230 e. The number of hydrogen-bond donors (Lipinski definition) is 1. The summed E-state index contributed by atoms with van der Waals surface area (Å²) < 4.78 is 18.5. The lowest BCUT2D eigenvalue weighted by Crippen LogP contribution is -2.43. The van der Waals surface area contributed by atoms with Gasteiger partial charge in [0.05, 0.1) is 12.5 Å². The lowest BCUT2D eigenvalue weighted by molar-refractivity contribution is -0.123. The monoisotopic (exact) mass is 367 g/mol. The molecule has 0 saturated heterocycles. The average Bonchev–Trinajstić information content (AvgIpc) is 3.38. The van der Waals surface area contributed by atoms with E-state index in [0.717, 1.165) is 37.0 Å². The number of methoxy groups -OCH3 is 1. The molecule has 0 aliphatic heterocycles. The topological polar surface area (TPSA) is 38.3 Å². The van der Waals surface area contributed by atoms with E-state index >= 15 is 0 Å². The van der Waals surface area contributed by atoms with Crippen LogP contribution >= 0.6 is 0 Å². The maximum atomic E-state index is 13.2. The summed E-state index contributed by atoms with van der Waals surface area (Å²) in [6, 6.07) is 14.6. The molecule has 2 fully saturated rings. The van der Waals surface area contributed by atoms with Gasteiger partial charge in [-0.3, -0.25) is 4.79 Å². The molecular formula is C23H26FNO2. The summed E-state index contributed by atoms with van der Waals surface area (Å²) >= 11 is 0. The van der Waals surface area contributed by atoms with E-state index in [1.54, 1.807) is 19.2 Å². The van der Waals surface area contributed by atoms with Crippen molar-refractivity contribution in [2.24, 2.45) is 0 Å². The number of ether oxygens (including phenoxy) is 1. The molecule has 4 rings (SSSR count). The Hall–Kier alpha value is -2.36. The van der Waals surface area contributed by atoms with Gasteiger partial charge in [-0.25, -0.2) is 4.39 Å². The molecule has 2 saturated carbocycles. The second-order valence-corrected chi connectivity index (χ2v) is 7.99. The van der Waals surface area contributed by atoms with Crippen molar-refractivity contribution in [1.29, 1.82) is 0 Å². The van der Waals surface area contributed by atoms with E-state index in [0.29, 0.717) is 6.54 Å². The summed E-state index contributed by atoms with van der Waals surface area (Å²) in [6.07, 6.45) is 6.21. The minimum absolute atomic E-state index is 0.000801. The molecule has 2 aliphatic rings. The standard InChI is InChI=1S/C23H26FNO2/c1-27-20-10-6-17(7-11-20)22(12-2-3-13-22)16-25-21(26)23(14-15-23)18-4-8-19(24)9-5-18/h4-11H,2-3,12-16H2,1H3,(H,25,26). The van der Waals surface area contributed by atoms with Gasteiger partial charge >= 0.3 is 0 Å². The molecule has 0 bridgehead atoms. The van der Waals surface area contributed by atoms with E-state index in [9.17, 15) is 9.18 Å². The molecule has 0 unspecified atom stereocenters. The largest absolute Gasteiger partial charge is 0.497 e. The predicted octanol–water partition coefficient (Wildman–Crippen LogP) is 4.49. The molecule has 0 atom stereocenters. The fraction of sp³-hybridized carbons (Fsp3) is 0.435. The van der Waals surface area contributed by atoms with Gasteiger partial charge in [0.1, 0.15) is 11.6 Å². The van der Waals surface area contributed by atoms with Crippen molar-refractivity contribution in [2.75, 3.05) is 13.7 Å². The first kappa shape index (κ1) is 18.0. The molecule has 1 amide bonds. The van der Waals surface area contributed by atoms with E-state index in [-0.39, 0.29) is 17.1 Å². The highest BCUT2D eigenvalue weighted by Crippen LogP contribution is 2.49. The van der Waals surface area contributed by atoms with Crippen LogP contribution in [0.25, 0.3) is 0 Å². The van der Waals surface area contributed by atoms with Crippen molar-refractivity contribution < 1.29 is 13.9 Å². The fourth-order valence-electron chi connectivity index (χ4n) is 4.52. The van der Waals surface area contributed by atoms with Crippen molar-refractivity contribution in [1.82, 2.24) is 5.32 Å². The molecule has 0 radical (unpaired) electrons. The summed E-state index contributed by atoms with van der Waals surface area (Å²) in [6.45, 7) is 0.654. The molecule has 0 aromatic heterocycles. The van der Waals surface area contributed by atoms with Crippen molar-refractivity contribution in [3.63, 3.8) is 0 Å². The molecule has 142 valence electrons. The smallest absolute Gasteiger partial charge is 0.230 e. The van der Waals surface area contributed by atoms with Gasteiger partial charge in [0.15, 0.2) is 0 Å². The molecule has 2 aromatic carbocycles. The highest BCUT2D eigenvalue weighted by molar-refractivity contribution is 5.91. The third-order valence-corrected chi connectivity index (χ3v) is 6.43. The number of nitrogens with one attached hydrogen (secondary N) is 1. The van der Waals surface area contributed by atoms with Gasteiger partial charge in [-0.2, -0.15) is 0 Å². The van der Waals surface area contributed by atoms with Crippen molar-refractivity contribution in [2.45, 2.75) is 49.4 Å². The Morgan fingerprint density at radius 1 is 0.963 bits per heavy atom. The second-order valence-electron chi connectivity index (χ2n) is 7.99. The Morgan fingerprint density at radius 3 is 2.11 bits per heavy atom. The summed E-state index contributed by atoms with van der Waals surface area (Å²) in [5, 5.41) is 3.24. The fourth-order valence-corrected chi connectivity index (χ4v) is 4.52. The molecule has 4 heteroatoms. The molecule has 2 aromatic rings. The van der Waals surface area contributed by atoms with E-state index in [1.807, 2.05) is 12.1 Å². The lowest BCUT2D eigenvalue weighted by atomic mass is 9.78. The maximum absolute atomic E-state index is 13.2. The molecule has 27 heavy (non-hydrogen) atoms. The highest BCUT2D eigenvalue weighted by Gasteiger charge is 2.51. The first-order valence-corrected chi connectivity index (χ1v) is 9.77. The Morgan fingerprint density at radius 2 is 1.56 bits per heavy atom. The van der Waals surface area contributed by atoms with Crippen molar-refractivity contribution in [3.8, 4) is 5.75 Å². The van der Waals surface area contributed by atoms with Crippen LogP contribution < -0.4 is 10.1 Å². The van der Waals surface area contributed by atoms with Crippen LogP contribution in [0.4, 0.5) is 4.39 Å². The van der Waals surface area contributed by atoms with Gasteiger partial charge in [0, 0.05) is 12.0 Å². The Balaban J connectivity index is 1.50. The van der Waals surface area contributed by atoms with Gasteiger partial charge in [0.2, 0.25) is 5.91 Å². The molecule has 0 spiro atoms. The minimum atomic E-state index is -0.465. The van der Waals surface area contributed by atoms with Crippen LogP contribution in [0.1, 0.15) is 49.7 Å². The Kier molecular flexibility index (Phi) is 4.67. The second kappa shape index (κ2) is 6.99. The molecule has 3 nitrogen and oxygen atoms in total. The number of benzene rings is 2. The number of halogens is 1. The van der Waals surface area contributed by atoms with Gasteiger partial charge in [-0.1, -0.05) is 37.1 Å². The number of carbonyl (C=O) groups is 1. The lowest BCUT2D eigenvalue weighted by Gasteiger charge is -2.31. The van der Waals surface area contributed by atoms with Crippen molar-refractivity contribution >= 4 is 5.91 Å². The van der Waals surface area contributed by atoms with Crippen LogP contribution in [0.2, 0.25) is 0 Å². The SMILES string of the molecule is COc1ccc(C2(CNC(=O)C3(c4ccc(F)cc4)CC3)CCCC2)cc1. The van der Waals surface area contributed by atoms with Crippen LogP contribution in [0.15, 0.2) is 48.5 Å². The van der Waals surface area contributed by atoms with Gasteiger partial charge in [-0.05, 0) is 61.1 Å². The van der Waals surface area contributed by atoms with Crippen LogP contribution in [0, 0.1) is 5.82 Å². The van der Waals surface area contributed by atoms with Gasteiger partial charge in [0.25, 0.3) is 0 Å². The Bertz CT molecular complexity index is 803. The summed E-state index contributed by atoms with van der Waals surface area (Å²) in [4.78, 5) is 13.0. The number of carbonyl (C=O) groups excluding carboxylic acids is 1.